The van der Waals surface area contributed by atoms with Crippen LogP contribution < -0.4 is 5.32 Å². The Labute approximate surface area is 60.7 Å². The number of hydrogen-bond donors (Lipinski definition) is 1. The van der Waals surface area contributed by atoms with Crippen molar-refractivity contribution in [2.75, 3.05) is 6.61 Å². The van der Waals surface area contributed by atoms with Gasteiger partial charge in [-0.05, 0) is 20.8 Å². The van der Waals surface area contributed by atoms with Crippen LogP contribution in [0.4, 0.5) is 0 Å². The fourth-order valence-electron chi connectivity index (χ4n) is 0.909. The van der Waals surface area contributed by atoms with Crippen LogP contribution in [0.5, 0.6) is 0 Å². The highest BCUT2D eigenvalue weighted by Crippen LogP contribution is 2.25. The molecule has 1 fully saturated rings. The van der Waals surface area contributed by atoms with Gasteiger partial charge in [-0.25, -0.2) is 0 Å². The number of carbonyl (C=O) groups excluding carboxylic acids is 1. The standard InChI is InChI=1S/C7H13NO2/c1-4-10-6(9)5-7(2,3)8-5/h5,8H,4H2,1-3H3/t5-/m1/s1. The first-order valence-electron chi connectivity index (χ1n) is 3.52. The predicted molar refractivity (Wildman–Crippen MR) is 37.6 cm³/mol. The van der Waals surface area contributed by atoms with E-state index in [4.69, 9.17) is 4.74 Å². The van der Waals surface area contributed by atoms with Gasteiger partial charge in [0, 0.05) is 5.54 Å². The second kappa shape index (κ2) is 2.23. The third-order valence-electron chi connectivity index (χ3n) is 1.68. The Bertz CT molecular complexity index is 154. The molecule has 1 aliphatic rings. The Morgan fingerprint density at radius 2 is 2.20 bits per heavy atom. The third kappa shape index (κ3) is 1.29. The van der Waals surface area contributed by atoms with Crippen molar-refractivity contribution in [1.82, 2.24) is 5.32 Å². The van der Waals surface area contributed by atoms with E-state index in [1.807, 2.05) is 20.8 Å². The summed E-state index contributed by atoms with van der Waals surface area (Å²) in [4.78, 5) is 10.9. The maximum Gasteiger partial charge on any atom is 0.325 e. The molecule has 0 spiro atoms. The van der Waals surface area contributed by atoms with Crippen molar-refractivity contribution in [2.45, 2.75) is 32.4 Å². The monoisotopic (exact) mass is 143 g/mol. The normalized spacial score (nSPS) is 27.7. The number of hydrogen-bond acceptors (Lipinski definition) is 3. The summed E-state index contributed by atoms with van der Waals surface area (Å²) >= 11 is 0. The highest BCUT2D eigenvalue weighted by molar-refractivity contribution is 5.81. The Kier molecular flexibility index (Phi) is 1.68. The molecule has 0 amide bonds. The molecule has 0 aromatic rings. The predicted octanol–water partition coefficient (Wildman–Crippen LogP) is 0.300. The van der Waals surface area contributed by atoms with Crippen LogP contribution in [-0.4, -0.2) is 24.2 Å². The van der Waals surface area contributed by atoms with Crippen LogP contribution in [0.3, 0.4) is 0 Å². The second-order valence-electron chi connectivity index (χ2n) is 3.05. The van der Waals surface area contributed by atoms with Crippen molar-refractivity contribution >= 4 is 5.97 Å². The van der Waals surface area contributed by atoms with Gasteiger partial charge in [0.05, 0.1) is 6.61 Å². The summed E-state index contributed by atoms with van der Waals surface area (Å²) in [5.41, 5.74) is -0.0355. The average Bonchev–Trinajstić information content (AvgIpc) is 2.41. The van der Waals surface area contributed by atoms with Gasteiger partial charge in [-0.2, -0.15) is 0 Å². The lowest BCUT2D eigenvalue weighted by Gasteiger charge is -1.99. The molecule has 58 valence electrons. The molecule has 0 radical (unpaired) electrons. The zero-order valence-electron chi connectivity index (χ0n) is 6.60. The van der Waals surface area contributed by atoms with Crippen LogP contribution in [0, 0.1) is 0 Å². The van der Waals surface area contributed by atoms with E-state index in [-0.39, 0.29) is 17.6 Å². The number of rotatable bonds is 2. The van der Waals surface area contributed by atoms with Gasteiger partial charge in [0.2, 0.25) is 0 Å². The summed E-state index contributed by atoms with van der Waals surface area (Å²) in [5.74, 6) is -0.132. The van der Waals surface area contributed by atoms with Gasteiger partial charge in [0.15, 0.2) is 0 Å². The average molecular weight is 143 g/mol. The minimum absolute atomic E-state index is 0.0355. The molecular weight excluding hydrogens is 130 g/mol. The Balaban J connectivity index is 2.33. The minimum Gasteiger partial charge on any atom is -0.465 e. The summed E-state index contributed by atoms with van der Waals surface area (Å²) in [6.07, 6.45) is 0. The molecule has 0 unspecified atom stereocenters. The first-order chi connectivity index (χ1) is 4.58. The third-order valence-corrected chi connectivity index (χ3v) is 1.68. The molecule has 0 aromatic carbocycles. The lowest BCUT2D eigenvalue weighted by molar-refractivity contribution is -0.142. The Hall–Kier alpha value is -0.570. The van der Waals surface area contributed by atoms with E-state index in [1.54, 1.807) is 0 Å². The highest BCUT2D eigenvalue weighted by Gasteiger charge is 2.51. The molecule has 10 heavy (non-hydrogen) atoms. The van der Waals surface area contributed by atoms with Crippen molar-refractivity contribution in [3.63, 3.8) is 0 Å². The van der Waals surface area contributed by atoms with E-state index in [0.717, 1.165) is 0 Å². The number of ether oxygens (including phenoxy) is 1. The quantitative estimate of drug-likeness (QED) is 0.446. The van der Waals surface area contributed by atoms with E-state index in [1.165, 1.54) is 0 Å². The van der Waals surface area contributed by atoms with Crippen molar-refractivity contribution < 1.29 is 9.53 Å². The summed E-state index contributed by atoms with van der Waals surface area (Å²) < 4.78 is 4.80. The molecule has 1 atom stereocenters. The molecule has 3 nitrogen and oxygen atoms in total. The first-order valence-corrected chi connectivity index (χ1v) is 3.52. The summed E-state index contributed by atoms with van der Waals surface area (Å²) in [6.45, 7) is 6.24. The highest BCUT2D eigenvalue weighted by atomic mass is 16.5. The molecule has 0 aliphatic carbocycles. The van der Waals surface area contributed by atoms with Crippen molar-refractivity contribution in [1.29, 1.82) is 0 Å². The van der Waals surface area contributed by atoms with Gasteiger partial charge in [-0.15, -0.1) is 0 Å². The van der Waals surface area contributed by atoms with Gasteiger partial charge in [0.25, 0.3) is 0 Å². The van der Waals surface area contributed by atoms with Crippen molar-refractivity contribution in [2.24, 2.45) is 0 Å². The smallest absolute Gasteiger partial charge is 0.325 e. The van der Waals surface area contributed by atoms with Crippen LogP contribution in [0.25, 0.3) is 0 Å². The van der Waals surface area contributed by atoms with Crippen molar-refractivity contribution in [3.8, 4) is 0 Å². The van der Waals surface area contributed by atoms with Gasteiger partial charge in [-0.3, -0.25) is 10.1 Å². The summed E-state index contributed by atoms with van der Waals surface area (Å²) in [7, 11) is 0. The molecule has 1 aliphatic heterocycles. The SMILES string of the molecule is CCOC(=O)[C@H]1NC1(C)C. The number of carbonyl (C=O) groups is 1. The molecule has 1 heterocycles. The molecule has 0 aromatic heterocycles. The summed E-state index contributed by atoms with van der Waals surface area (Å²) in [6, 6.07) is -0.0764. The van der Waals surface area contributed by atoms with Gasteiger partial charge >= 0.3 is 5.97 Å². The van der Waals surface area contributed by atoms with Gasteiger partial charge < -0.3 is 4.74 Å². The zero-order valence-corrected chi connectivity index (χ0v) is 6.60. The lowest BCUT2D eigenvalue weighted by atomic mass is 10.1. The molecule has 1 saturated heterocycles. The lowest BCUT2D eigenvalue weighted by Crippen LogP contribution is -2.17. The van der Waals surface area contributed by atoms with E-state index >= 15 is 0 Å². The Morgan fingerprint density at radius 1 is 1.70 bits per heavy atom. The van der Waals surface area contributed by atoms with Crippen LogP contribution in [0.2, 0.25) is 0 Å². The van der Waals surface area contributed by atoms with Gasteiger partial charge in [0.1, 0.15) is 6.04 Å². The topological polar surface area (TPSA) is 48.2 Å². The largest absolute Gasteiger partial charge is 0.465 e. The van der Waals surface area contributed by atoms with Crippen LogP contribution in [0.1, 0.15) is 20.8 Å². The fraction of sp³-hybridized carbons (Fsp3) is 0.857. The molecular formula is C7H13NO2. The minimum atomic E-state index is -0.132. The maximum absolute atomic E-state index is 10.9. The van der Waals surface area contributed by atoms with Crippen LogP contribution in [-0.2, 0) is 9.53 Å². The van der Waals surface area contributed by atoms with Crippen LogP contribution >= 0.6 is 0 Å². The molecule has 0 saturated carbocycles. The van der Waals surface area contributed by atoms with E-state index in [9.17, 15) is 4.79 Å². The first kappa shape index (κ1) is 7.54. The molecule has 1 N–H and O–H groups in total. The molecule has 3 heteroatoms. The van der Waals surface area contributed by atoms with Gasteiger partial charge in [-0.1, -0.05) is 0 Å². The maximum atomic E-state index is 10.9. The number of nitrogens with one attached hydrogen (secondary N) is 1. The van der Waals surface area contributed by atoms with E-state index in [2.05, 4.69) is 5.32 Å². The fourth-order valence-corrected chi connectivity index (χ4v) is 0.909. The molecule has 1 rings (SSSR count). The van der Waals surface area contributed by atoms with Crippen LogP contribution in [0.15, 0.2) is 0 Å². The summed E-state index contributed by atoms with van der Waals surface area (Å²) in [5, 5.41) is 3.02. The van der Waals surface area contributed by atoms with E-state index < -0.39 is 0 Å². The second-order valence-corrected chi connectivity index (χ2v) is 3.05. The molecule has 0 bridgehead atoms. The van der Waals surface area contributed by atoms with E-state index in [0.29, 0.717) is 6.61 Å². The zero-order chi connectivity index (χ0) is 7.78. The number of esters is 1. The van der Waals surface area contributed by atoms with Crippen molar-refractivity contribution in [3.05, 3.63) is 0 Å². The Morgan fingerprint density at radius 3 is 2.50 bits per heavy atom.